The minimum Gasteiger partial charge on any atom is -0.505 e. The highest BCUT2D eigenvalue weighted by Crippen LogP contribution is 2.33. The van der Waals surface area contributed by atoms with Crippen molar-refractivity contribution in [2.45, 2.75) is 4.90 Å². The summed E-state index contributed by atoms with van der Waals surface area (Å²) in [6.45, 7) is 0. The third-order valence-electron chi connectivity index (χ3n) is 1.30. The van der Waals surface area contributed by atoms with Gasteiger partial charge in [-0.25, -0.2) is 13.6 Å². The number of rotatable bonds is 1. The molecule has 0 spiro atoms. The van der Waals surface area contributed by atoms with Crippen LogP contribution in [0.4, 0.5) is 0 Å². The van der Waals surface area contributed by atoms with Crippen LogP contribution in [0, 0.1) is 0 Å². The highest BCUT2D eigenvalue weighted by molar-refractivity contribution is 9.10. The number of hydrogen-bond acceptors (Lipinski definition) is 3. The van der Waals surface area contributed by atoms with Gasteiger partial charge in [-0.3, -0.25) is 0 Å². The van der Waals surface area contributed by atoms with Gasteiger partial charge in [0, 0.05) is 5.02 Å². The highest BCUT2D eigenvalue weighted by Gasteiger charge is 2.16. The summed E-state index contributed by atoms with van der Waals surface area (Å²) < 4.78 is 22.0. The Labute approximate surface area is 88.5 Å². The molecule has 0 heterocycles. The molecule has 7 heteroatoms. The van der Waals surface area contributed by atoms with Crippen LogP contribution in [-0.4, -0.2) is 13.5 Å². The summed E-state index contributed by atoms with van der Waals surface area (Å²) in [5.74, 6) is -0.438. The van der Waals surface area contributed by atoms with E-state index in [1.807, 2.05) is 0 Å². The van der Waals surface area contributed by atoms with Crippen LogP contribution in [0.15, 0.2) is 21.5 Å². The zero-order chi connectivity index (χ0) is 10.2. The lowest BCUT2D eigenvalue weighted by molar-refractivity contribution is 0.455. The van der Waals surface area contributed by atoms with E-state index in [0.717, 1.165) is 6.07 Å². The molecule has 0 radical (unpaired) electrons. The summed E-state index contributed by atoms with van der Waals surface area (Å²) >= 11 is 8.50. The predicted molar refractivity (Wildman–Crippen MR) is 52.2 cm³/mol. The molecule has 13 heavy (non-hydrogen) atoms. The van der Waals surface area contributed by atoms with E-state index in [2.05, 4.69) is 15.9 Å². The number of hydrogen-bond donors (Lipinski definition) is 2. The molecule has 0 amide bonds. The molecule has 0 unspecified atom stereocenters. The fourth-order valence-corrected chi connectivity index (χ4v) is 2.44. The number of nitrogens with two attached hydrogens (primary N) is 1. The molecular formula is C6H5BrClNO3S. The summed E-state index contributed by atoms with van der Waals surface area (Å²) in [5.41, 5.74) is 0. The maximum Gasteiger partial charge on any atom is 0.241 e. The normalized spacial score (nSPS) is 11.6. The molecule has 72 valence electrons. The van der Waals surface area contributed by atoms with E-state index in [-0.39, 0.29) is 9.50 Å². The SMILES string of the molecule is NS(=O)(=O)c1cc(Cl)cc(Br)c1O. The van der Waals surface area contributed by atoms with Crippen LogP contribution in [0.1, 0.15) is 0 Å². The first-order valence-electron chi connectivity index (χ1n) is 3.03. The molecule has 0 aliphatic rings. The Bertz CT molecular complexity index is 445. The van der Waals surface area contributed by atoms with Gasteiger partial charge >= 0.3 is 0 Å². The quantitative estimate of drug-likeness (QED) is 0.820. The van der Waals surface area contributed by atoms with E-state index in [0.29, 0.717) is 0 Å². The molecule has 1 rings (SSSR count). The fraction of sp³-hybridized carbons (Fsp3) is 0. The topological polar surface area (TPSA) is 80.4 Å². The Balaban J connectivity index is 3.56. The smallest absolute Gasteiger partial charge is 0.241 e. The lowest BCUT2D eigenvalue weighted by atomic mass is 10.3. The van der Waals surface area contributed by atoms with E-state index in [1.165, 1.54) is 6.07 Å². The lowest BCUT2D eigenvalue weighted by Crippen LogP contribution is -2.12. The van der Waals surface area contributed by atoms with Crippen LogP contribution < -0.4 is 5.14 Å². The number of primary sulfonamides is 1. The van der Waals surface area contributed by atoms with Crippen LogP contribution in [0.2, 0.25) is 5.02 Å². The Morgan fingerprint density at radius 2 is 2.00 bits per heavy atom. The molecule has 0 aliphatic carbocycles. The van der Waals surface area contributed by atoms with Crippen LogP contribution in [0.25, 0.3) is 0 Å². The minimum atomic E-state index is -3.94. The molecule has 4 nitrogen and oxygen atoms in total. The first-order valence-corrected chi connectivity index (χ1v) is 5.75. The van der Waals surface area contributed by atoms with E-state index in [1.54, 1.807) is 0 Å². The van der Waals surface area contributed by atoms with Gasteiger partial charge in [-0.2, -0.15) is 0 Å². The summed E-state index contributed by atoms with van der Waals surface area (Å²) in [7, 11) is -3.94. The summed E-state index contributed by atoms with van der Waals surface area (Å²) in [6, 6.07) is 2.45. The number of sulfonamides is 1. The van der Waals surface area contributed by atoms with Gasteiger partial charge in [0.1, 0.15) is 10.6 Å². The second kappa shape index (κ2) is 3.45. The Kier molecular flexibility index (Phi) is 2.86. The molecule has 0 atom stereocenters. The second-order valence-electron chi connectivity index (χ2n) is 2.28. The number of halogens is 2. The van der Waals surface area contributed by atoms with Crippen LogP contribution in [-0.2, 0) is 10.0 Å². The van der Waals surface area contributed by atoms with Gasteiger partial charge in [0.25, 0.3) is 0 Å². The molecule has 1 aromatic rings. The van der Waals surface area contributed by atoms with Gasteiger partial charge in [-0.1, -0.05) is 11.6 Å². The molecule has 0 fully saturated rings. The zero-order valence-corrected chi connectivity index (χ0v) is 9.32. The number of benzene rings is 1. The Morgan fingerprint density at radius 1 is 1.46 bits per heavy atom. The lowest BCUT2D eigenvalue weighted by Gasteiger charge is -2.04. The van der Waals surface area contributed by atoms with Crippen molar-refractivity contribution in [2.24, 2.45) is 5.14 Å². The van der Waals surface area contributed by atoms with Gasteiger partial charge in [0.05, 0.1) is 4.47 Å². The highest BCUT2D eigenvalue weighted by atomic mass is 79.9. The largest absolute Gasteiger partial charge is 0.505 e. The summed E-state index contributed by atoms with van der Waals surface area (Å²) in [5, 5.41) is 14.3. The molecule has 0 saturated carbocycles. The van der Waals surface area contributed by atoms with Gasteiger partial charge in [0.15, 0.2) is 0 Å². The van der Waals surface area contributed by atoms with Gasteiger partial charge < -0.3 is 5.11 Å². The van der Waals surface area contributed by atoms with Crippen molar-refractivity contribution >= 4 is 37.6 Å². The molecule has 0 bridgehead atoms. The average Bonchev–Trinajstić information content (AvgIpc) is 1.94. The molecule has 0 aromatic heterocycles. The zero-order valence-electron chi connectivity index (χ0n) is 6.16. The Hall–Kier alpha value is -0.300. The Morgan fingerprint density at radius 3 is 2.46 bits per heavy atom. The van der Waals surface area contributed by atoms with Crippen LogP contribution in [0.5, 0.6) is 5.75 Å². The fourth-order valence-electron chi connectivity index (χ4n) is 0.759. The van der Waals surface area contributed by atoms with Crippen molar-refractivity contribution in [1.29, 1.82) is 0 Å². The van der Waals surface area contributed by atoms with Crippen molar-refractivity contribution in [3.05, 3.63) is 21.6 Å². The van der Waals surface area contributed by atoms with E-state index in [4.69, 9.17) is 16.7 Å². The summed E-state index contributed by atoms with van der Waals surface area (Å²) in [6.07, 6.45) is 0. The predicted octanol–water partition coefficient (Wildman–Crippen LogP) is 1.46. The molecule has 0 aliphatic heterocycles. The van der Waals surface area contributed by atoms with Crippen molar-refractivity contribution in [3.63, 3.8) is 0 Å². The van der Waals surface area contributed by atoms with Crippen molar-refractivity contribution in [3.8, 4) is 5.75 Å². The second-order valence-corrected chi connectivity index (χ2v) is 5.10. The standard InChI is InChI=1S/C6H5BrClNO3S/c7-4-1-3(8)2-5(6(4)10)13(9,11)12/h1-2,10H,(H2,9,11,12). The van der Waals surface area contributed by atoms with Crippen LogP contribution in [0.3, 0.4) is 0 Å². The number of phenols is 1. The summed E-state index contributed by atoms with van der Waals surface area (Å²) in [4.78, 5) is -0.396. The first-order chi connectivity index (χ1) is 5.82. The molecular weight excluding hydrogens is 281 g/mol. The first kappa shape index (κ1) is 10.8. The third-order valence-corrected chi connectivity index (χ3v) is 3.05. The molecule has 0 saturated heterocycles. The maximum atomic E-state index is 10.9. The van der Waals surface area contributed by atoms with Crippen molar-refractivity contribution in [2.75, 3.05) is 0 Å². The number of phenolic OH excluding ortho intramolecular Hbond substituents is 1. The molecule has 1 aromatic carbocycles. The van der Waals surface area contributed by atoms with E-state index >= 15 is 0 Å². The van der Waals surface area contributed by atoms with E-state index in [9.17, 15) is 13.5 Å². The van der Waals surface area contributed by atoms with E-state index < -0.39 is 20.7 Å². The minimum absolute atomic E-state index is 0.175. The van der Waals surface area contributed by atoms with Crippen molar-refractivity contribution < 1.29 is 13.5 Å². The number of aromatic hydroxyl groups is 1. The van der Waals surface area contributed by atoms with Gasteiger partial charge in [-0.15, -0.1) is 0 Å². The third kappa shape index (κ3) is 2.34. The molecule has 3 N–H and O–H groups in total. The van der Waals surface area contributed by atoms with Gasteiger partial charge in [-0.05, 0) is 28.1 Å². The van der Waals surface area contributed by atoms with Gasteiger partial charge in [0.2, 0.25) is 10.0 Å². The van der Waals surface area contributed by atoms with Crippen LogP contribution >= 0.6 is 27.5 Å². The van der Waals surface area contributed by atoms with Crippen molar-refractivity contribution in [1.82, 2.24) is 0 Å². The maximum absolute atomic E-state index is 10.9. The average molecular weight is 287 g/mol. The monoisotopic (exact) mass is 285 g/mol.